The van der Waals surface area contributed by atoms with Gasteiger partial charge in [0.05, 0.1) is 25.0 Å². The van der Waals surface area contributed by atoms with Crippen LogP contribution in [0, 0.1) is 0 Å². The number of carbonyl (C=O) groups is 1. The van der Waals surface area contributed by atoms with Gasteiger partial charge in [-0.15, -0.1) is 5.10 Å². The van der Waals surface area contributed by atoms with Crippen molar-refractivity contribution in [3.8, 4) is 5.69 Å². The third-order valence-electron chi connectivity index (χ3n) is 4.79. The molecule has 0 aliphatic carbocycles. The first-order valence-corrected chi connectivity index (χ1v) is 9.97. The largest absolute Gasteiger partial charge is 0.390 e. The van der Waals surface area contributed by atoms with Crippen molar-refractivity contribution >= 4 is 17.3 Å². The van der Waals surface area contributed by atoms with Gasteiger partial charge in [0.15, 0.2) is 0 Å². The molecular formula is C24H23N5O2. The van der Waals surface area contributed by atoms with Gasteiger partial charge < -0.3 is 15.3 Å². The molecule has 156 valence electrons. The van der Waals surface area contributed by atoms with E-state index >= 15 is 0 Å². The van der Waals surface area contributed by atoms with Crippen LogP contribution < -0.4 is 10.2 Å². The summed E-state index contributed by atoms with van der Waals surface area (Å²) in [7, 11) is 0. The summed E-state index contributed by atoms with van der Waals surface area (Å²) in [5.74, 6) is -0.101. The molecule has 0 saturated heterocycles. The average molecular weight is 413 g/mol. The predicted octanol–water partition coefficient (Wildman–Crippen LogP) is 3.40. The molecule has 3 aromatic carbocycles. The molecule has 1 aromatic heterocycles. The van der Waals surface area contributed by atoms with Crippen molar-refractivity contribution in [3.63, 3.8) is 0 Å². The van der Waals surface area contributed by atoms with Gasteiger partial charge in [-0.2, -0.15) is 0 Å². The number of aliphatic hydroxyl groups is 1. The number of nitrogens with zero attached hydrogens (tertiary/aromatic N) is 4. The summed E-state index contributed by atoms with van der Waals surface area (Å²) in [6.07, 6.45) is 1.66. The predicted molar refractivity (Wildman–Crippen MR) is 120 cm³/mol. The zero-order valence-corrected chi connectivity index (χ0v) is 16.9. The van der Waals surface area contributed by atoms with E-state index in [-0.39, 0.29) is 19.1 Å². The van der Waals surface area contributed by atoms with Crippen LogP contribution in [0.2, 0.25) is 0 Å². The second-order valence-corrected chi connectivity index (χ2v) is 7.08. The molecule has 0 spiro atoms. The highest BCUT2D eigenvalue weighted by atomic mass is 16.3. The Hall–Kier alpha value is -3.97. The molecule has 0 bridgehead atoms. The number of carbonyl (C=O) groups excluding carboxylic acids is 1. The minimum atomic E-state index is -0.158. The third-order valence-corrected chi connectivity index (χ3v) is 4.79. The molecule has 31 heavy (non-hydrogen) atoms. The minimum absolute atomic E-state index is 0.101. The van der Waals surface area contributed by atoms with E-state index < -0.39 is 0 Å². The van der Waals surface area contributed by atoms with Crippen LogP contribution >= 0.6 is 0 Å². The number of hydrogen-bond donors (Lipinski definition) is 2. The molecule has 0 radical (unpaired) electrons. The van der Waals surface area contributed by atoms with Crippen molar-refractivity contribution in [3.05, 3.63) is 102 Å². The lowest BCUT2D eigenvalue weighted by atomic mass is 10.2. The fourth-order valence-corrected chi connectivity index (χ4v) is 3.25. The van der Waals surface area contributed by atoms with Gasteiger partial charge in [-0.3, -0.25) is 4.79 Å². The molecule has 1 amide bonds. The maximum absolute atomic E-state index is 12.8. The Morgan fingerprint density at radius 1 is 0.935 bits per heavy atom. The molecule has 0 saturated carbocycles. The van der Waals surface area contributed by atoms with Gasteiger partial charge in [-0.05, 0) is 42.0 Å². The van der Waals surface area contributed by atoms with Crippen molar-refractivity contribution in [1.29, 1.82) is 0 Å². The second-order valence-electron chi connectivity index (χ2n) is 7.08. The second kappa shape index (κ2) is 9.69. The molecule has 0 aliphatic heterocycles. The normalized spacial score (nSPS) is 10.6. The van der Waals surface area contributed by atoms with Gasteiger partial charge in [0.2, 0.25) is 5.91 Å². The van der Waals surface area contributed by atoms with Crippen LogP contribution in [0.4, 0.5) is 11.4 Å². The first-order chi connectivity index (χ1) is 15.2. The van der Waals surface area contributed by atoms with E-state index in [0.717, 1.165) is 16.9 Å². The molecule has 0 fully saturated rings. The molecule has 4 aromatic rings. The summed E-state index contributed by atoms with van der Waals surface area (Å²) >= 11 is 0. The molecule has 1 heterocycles. The van der Waals surface area contributed by atoms with Gasteiger partial charge in [-0.25, -0.2) is 4.68 Å². The molecular weight excluding hydrogens is 390 g/mol. The van der Waals surface area contributed by atoms with Gasteiger partial charge >= 0.3 is 0 Å². The lowest BCUT2D eigenvalue weighted by Crippen LogP contribution is -2.32. The molecule has 7 heteroatoms. The van der Waals surface area contributed by atoms with Crippen molar-refractivity contribution in [1.82, 2.24) is 15.0 Å². The number of benzene rings is 3. The number of para-hydroxylation sites is 1. The maximum Gasteiger partial charge on any atom is 0.243 e. The number of aliphatic hydroxyl groups excluding tert-OH is 1. The van der Waals surface area contributed by atoms with E-state index in [1.54, 1.807) is 10.9 Å². The Labute approximate surface area is 180 Å². The highest BCUT2D eigenvalue weighted by Gasteiger charge is 2.13. The monoisotopic (exact) mass is 413 g/mol. The fourth-order valence-electron chi connectivity index (χ4n) is 3.25. The van der Waals surface area contributed by atoms with Crippen molar-refractivity contribution in [2.24, 2.45) is 0 Å². The van der Waals surface area contributed by atoms with Crippen LogP contribution in [-0.2, 0) is 17.9 Å². The molecule has 4 rings (SSSR count). The number of amides is 1. The topological polar surface area (TPSA) is 83.3 Å². The van der Waals surface area contributed by atoms with Gasteiger partial charge in [0.25, 0.3) is 0 Å². The molecule has 0 unspecified atom stereocenters. The summed E-state index contributed by atoms with van der Waals surface area (Å²) < 4.78 is 1.58. The number of nitrogens with one attached hydrogen (secondary N) is 1. The van der Waals surface area contributed by atoms with Gasteiger partial charge in [0.1, 0.15) is 5.69 Å². The number of hydrogen-bond acceptors (Lipinski definition) is 5. The van der Waals surface area contributed by atoms with Crippen LogP contribution in [-0.4, -0.2) is 32.6 Å². The highest BCUT2D eigenvalue weighted by Crippen LogP contribution is 2.18. The van der Waals surface area contributed by atoms with Crippen molar-refractivity contribution in [2.75, 3.05) is 16.8 Å². The first-order valence-electron chi connectivity index (χ1n) is 9.97. The van der Waals surface area contributed by atoms with E-state index in [0.29, 0.717) is 17.9 Å². The van der Waals surface area contributed by atoms with Gasteiger partial charge in [-0.1, -0.05) is 53.7 Å². The summed E-state index contributed by atoms with van der Waals surface area (Å²) in [6, 6.07) is 27.3. The summed E-state index contributed by atoms with van der Waals surface area (Å²) in [4.78, 5) is 14.8. The molecule has 0 atom stereocenters. The van der Waals surface area contributed by atoms with Crippen LogP contribution in [0.5, 0.6) is 0 Å². The van der Waals surface area contributed by atoms with Crippen LogP contribution in [0.1, 0.15) is 11.3 Å². The minimum Gasteiger partial charge on any atom is -0.390 e. The van der Waals surface area contributed by atoms with E-state index in [4.69, 9.17) is 5.11 Å². The van der Waals surface area contributed by atoms with Crippen molar-refractivity contribution < 1.29 is 9.90 Å². The Morgan fingerprint density at radius 2 is 1.61 bits per heavy atom. The highest BCUT2D eigenvalue weighted by molar-refractivity contribution is 5.94. The first kappa shape index (κ1) is 20.3. The number of anilines is 2. The quantitative estimate of drug-likeness (QED) is 0.463. The van der Waals surface area contributed by atoms with Crippen LogP contribution in [0.25, 0.3) is 5.69 Å². The van der Waals surface area contributed by atoms with Gasteiger partial charge in [0, 0.05) is 17.9 Å². The van der Waals surface area contributed by atoms with E-state index in [1.807, 2.05) is 77.7 Å². The van der Waals surface area contributed by atoms with Crippen LogP contribution in [0.3, 0.4) is 0 Å². The van der Waals surface area contributed by atoms with E-state index in [2.05, 4.69) is 27.8 Å². The zero-order chi connectivity index (χ0) is 21.5. The molecule has 2 N–H and O–H groups in total. The average Bonchev–Trinajstić information content (AvgIpc) is 3.30. The summed E-state index contributed by atoms with van der Waals surface area (Å²) in [6.45, 7) is 0.704. The Balaban J connectivity index is 1.43. The molecule has 7 nitrogen and oxygen atoms in total. The Bertz CT molecular complexity index is 1110. The maximum atomic E-state index is 12.8. The summed E-state index contributed by atoms with van der Waals surface area (Å²) in [5, 5.41) is 19.9. The number of aromatic nitrogens is 3. The van der Waals surface area contributed by atoms with Crippen LogP contribution in [0.15, 0.2) is 91.1 Å². The molecule has 0 aliphatic rings. The Morgan fingerprint density at radius 3 is 2.26 bits per heavy atom. The zero-order valence-electron chi connectivity index (χ0n) is 16.9. The summed E-state index contributed by atoms with van der Waals surface area (Å²) in [5.41, 5.74) is 4.11. The lowest BCUT2D eigenvalue weighted by molar-refractivity contribution is -0.115. The van der Waals surface area contributed by atoms with E-state index in [9.17, 15) is 4.79 Å². The standard InChI is InChI=1S/C24H23N5O2/c30-18-21-16-29(27-26-21)23-13-11-20(12-14-23)25-24(31)17-28(22-9-5-2-6-10-22)15-19-7-3-1-4-8-19/h1-14,16,30H,15,17-18H2,(H,25,31). The lowest BCUT2D eigenvalue weighted by Gasteiger charge is -2.24. The van der Waals surface area contributed by atoms with Crippen molar-refractivity contribution in [2.45, 2.75) is 13.2 Å². The third kappa shape index (κ3) is 5.34. The number of rotatable bonds is 8. The van der Waals surface area contributed by atoms with E-state index in [1.165, 1.54) is 0 Å². The fraction of sp³-hybridized carbons (Fsp3) is 0.125. The Kier molecular flexibility index (Phi) is 6.35. The smallest absolute Gasteiger partial charge is 0.243 e. The SMILES string of the molecule is O=C(CN(Cc1ccccc1)c1ccccc1)Nc1ccc(-n2cc(CO)nn2)cc1.